The molecule has 2 rings (SSSR count). The lowest BCUT2D eigenvalue weighted by atomic mass is 9.99. The number of likely N-dealkylation sites (tertiary alicyclic amines) is 1. The van der Waals surface area contributed by atoms with Gasteiger partial charge in [-0.25, -0.2) is 4.79 Å². The Morgan fingerprint density at radius 2 is 2.24 bits per heavy atom. The molecular weight excluding hydrogens is 242 g/mol. The number of carbonyl (C=O) groups is 2. The fraction of sp³-hybridized carbons (Fsp3) is 0.455. The standard InChI is InChI=1S/C11H13NO4S/c13-7-3-4-12(8(6-7)11(15)16)10(14)9-2-1-5-17-9/h1-2,5,7-8,13H,3-4,6H2,(H,15,16)/t7-,8+/m0/s1. The highest BCUT2D eigenvalue weighted by molar-refractivity contribution is 7.12. The second-order valence-corrected chi connectivity index (χ2v) is 4.96. The smallest absolute Gasteiger partial charge is 0.326 e. The summed E-state index contributed by atoms with van der Waals surface area (Å²) in [5, 5.41) is 20.3. The van der Waals surface area contributed by atoms with Gasteiger partial charge in [-0.15, -0.1) is 11.3 Å². The summed E-state index contributed by atoms with van der Waals surface area (Å²) in [4.78, 5) is 25.0. The average Bonchev–Trinajstić information content (AvgIpc) is 2.81. The number of carbonyl (C=O) groups excluding carboxylic acids is 1. The van der Waals surface area contributed by atoms with E-state index in [1.54, 1.807) is 17.5 Å². The lowest BCUT2D eigenvalue weighted by molar-refractivity contribution is -0.145. The van der Waals surface area contributed by atoms with Crippen LogP contribution in [0.4, 0.5) is 0 Å². The van der Waals surface area contributed by atoms with Gasteiger partial charge < -0.3 is 15.1 Å². The number of thiophene rings is 1. The molecule has 1 aliphatic rings. The van der Waals surface area contributed by atoms with Crippen molar-refractivity contribution in [3.8, 4) is 0 Å². The summed E-state index contributed by atoms with van der Waals surface area (Å²) in [5.74, 6) is -1.33. The van der Waals surface area contributed by atoms with Gasteiger partial charge in [0.15, 0.2) is 0 Å². The Morgan fingerprint density at radius 1 is 1.47 bits per heavy atom. The molecule has 0 radical (unpaired) electrons. The lowest BCUT2D eigenvalue weighted by Gasteiger charge is -2.35. The maximum atomic E-state index is 12.1. The van der Waals surface area contributed by atoms with Crippen molar-refractivity contribution in [1.82, 2.24) is 4.90 Å². The molecule has 17 heavy (non-hydrogen) atoms. The quantitative estimate of drug-likeness (QED) is 0.819. The van der Waals surface area contributed by atoms with E-state index in [-0.39, 0.29) is 18.9 Å². The minimum Gasteiger partial charge on any atom is -0.480 e. The Balaban J connectivity index is 2.18. The van der Waals surface area contributed by atoms with E-state index in [9.17, 15) is 14.7 Å². The number of nitrogens with zero attached hydrogens (tertiary/aromatic N) is 1. The van der Waals surface area contributed by atoms with Gasteiger partial charge in [0, 0.05) is 13.0 Å². The molecular formula is C11H13NO4S. The van der Waals surface area contributed by atoms with Crippen LogP contribution in [0.3, 0.4) is 0 Å². The van der Waals surface area contributed by atoms with E-state index in [2.05, 4.69) is 0 Å². The first-order valence-corrected chi connectivity index (χ1v) is 6.23. The van der Waals surface area contributed by atoms with Gasteiger partial charge in [0.25, 0.3) is 5.91 Å². The third kappa shape index (κ3) is 2.48. The van der Waals surface area contributed by atoms with E-state index in [0.29, 0.717) is 11.3 Å². The van der Waals surface area contributed by atoms with Gasteiger partial charge in [-0.2, -0.15) is 0 Å². The molecule has 2 heterocycles. The first-order valence-electron chi connectivity index (χ1n) is 5.35. The minimum absolute atomic E-state index is 0.104. The number of aliphatic hydroxyl groups excluding tert-OH is 1. The van der Waals surface area contributed by atoms with Crippen LogP contribution in [0.5, 0.6) is 0 Å². The number of aliphatic carboxylic acids is 1. The van der Waals surface area contributed by atoms with Crippen LogP contribution in [0.15, 0.2) is 17.5 Å². The first kappa shape index (κ1) is 12.1. The van der Waals surface area contributed by atoms with Gasteiger partial charge in [0.05, 0.1) is 11.0 Å². The van der Waals surface area contributed by atoms with Crippen molar-refractivity contribution in [2.45, 2.75) is 25.0 Å². The third-order valence-corrected chi connectivity index (χ3v) is 3.71. The third-order valence-electron chi connectivity index (χ3n) is 2.85. The molecule has 1 fully saturated rings. The molecule has 0 spiro atoms. The lowest BCUT2D eigenvalue weighted by Crippen LogP contribution is -2.51. The SMILES string of the molecule is O=C(O)[C@H]1C[C@@H](O)CCN1C(=O)c1cccs1. The normalized spacial score (nSPS) is 24.6. The molecule has 1 aliphatic heterocycles. The number of hydrogen-bond donors (Lipinski definition) is 2. The van der Waals surface area contributed by atoms with Crippen molar-refractivity contribution in [3.63, 3.8) is 0 Å². The number of carboxylic acids is 1. The Morgan fingerprint density at radius 3 is 2.82 bits per heavy atom. The van der Waals surface area contributed by atoms with Crippen molar-refractivity contribution in [2.24, 2.45) is 0 Å². The van der Waals surface area contributed by atoms with Crippen molar-refractivity contribution in [1.29, 1.82) is 0 Å². The van der Waals surface area contributed by atoms with E-state index in [0.717, 1.165) is 0 Å². The zero-order valence-electron chi connectivity index (χ0n) is 9.07. The Labute approximate surface area is 102 Å². The fourth-order valence-corrected chi connectivity index (χ4v) is 2.64. The van der Waals surface area contributed by atoms with Crippen molar-refractivity contribution in [3.05, 3.63) is 22.4 Å². The Hall–Kier alpha value is -1.40. The van der Waals surface area contributed by atoms with Crippen molar-refractivity contribution >= 4 is 23.2 Å². The van der Waals surface area contributed by atoms with E-state index in [1.165, 1.54) is 16.2 Å². The summed E-state index contributed by atoms with van der Waals surface area (Å²) >= 11 is 1.29. The Kier molecular flexibility index (Phi) is 3.44. The minimum atomic E-state index is -1.06. The molecule has 0 aliphatic carbocycles. The van der Waals surface area contributed by atoms with Gasteiger partial charge in [-0.3, -0.25) is 4.79 Å². The predicted molar refractivity (Wildman–Crippen MR) is 62.0 cm³/mol. The fourth-order valence-electron chi connectivity index (χ4n) is 1.97. The van der Waals surface area contributed by atoms with Crippen LogP contribution in [0, 0.1) is 0 Å². The van der Waals surface area contributed by atoms with Gasteiger partial charge in [-0.05, 0) is 17.9 Å². The largest absolute Gasteiger partial charge is 0.480 e. The summed E-state index contributed by atoms with van der Waals surface area (Å²) < 4.78 is 0. The van der Waals surface area contributed by atoms with Crippen LogP contribution in [-0.4, -0.2) is 45.7 Å². The summed E-state index contributed by atoms with van der Waals surface area (Å²) in [7, 11) is 0. The molecule has 2 N–H and O–H groups in total. The first-order chi connectivity index (χ1) is 8.09. The van der Waals surface area contributed by atoms with Gasteiger partial charge in [0.2, 0.25) is 0 Å². The molecule has 1 aromatic rings. The van der Waals surface area contributed by atoms with Crippen LogP contribution in [0.1, 0.15) is 22.5 Å². The molecule has 92 valence electrons. The summed E-state index contributed by atoms with van der Waals surface area (Å²) in [5.41, 5.74) is 0. The highest BCUT2D eigenvalue weighted by Gasteiger charge is 2.36. The summed E-state index contributed by atoms with van der Waals surface area (Å²) in [6.45, 7) is 0.287. The molecule has 6 heteroatoms. The van der Waals surface area contributed by atoms with Crippen LogP contribution in [0.25, 0.3) is 0 Å². The summed E-state index contributed by atoms with van der Waals surface area (Å²) in [6, 6.07) is 2.51. The van der Waals surface area contributed by atoms with Crippen LogP contribution < -0.4 is 0 Å². The molecule has 0 unspecified atom stereocenters. The zero-order chi connectivity index (χ0) is 12.4. The molecule has 0 aromatic carbocycles. The maximum absolute atomic E-state index is 12.1. The molecule has 0 bridgehead atoms. The van der Waals surface area contributed by atoms with Gasteiger partial charge in [0.1, 0.15) is 6.04 Å². The van der Waals surface area contributed by atoms with E-state index < -0.39 is 18.1 Å². The maximum Gasteiger partial charge on any atom is 0.326 e. The summed E-state index contributed by atoms with van der Waals surface area (Å²) in [6.07, 6.45) is -0.101. The predicted octanol–water partition coefficient (Wildman–Crippen LogP) is 0.798. The zero-order valence-corrected chi connectivity index (χ0v) is 9.89. The van der Waals surface area contributed by atoms with Crippen LogP contribution in [0.2, 0.25) is 0 Å². The Bertz CT molecular complexity index is 417. The van der Waals surface area contributed by atoms with E-state index in [4.69, 9.17) is 5.11 Å². The molecule has 1 saturated heterocycles. The average molecular weight is 255 g/mol. The van der Waals surface area contributed by atoms with E-state index >= 15 is 0 Å². The van der Waals surface area contributed by atoms with E-state index in [1.807, 2.05) is 0 Å². The van der Waals surface area contributed by atoms with Gasteiger partial charge >= 0.3 is 5.97 Å². The monoisotopic (exact) mass is 255 g/mol. The second-order valence-electron chi connectivity index (χ2n) is 4.01. The van der Waals surface area contributed by atoms with Crippen LogP contribution >= 0.6 is 11.3 Å². The number of hydrogen-bond acceptors (Lipinski definition) is 4. The number of carboxylic acid groups (broad SMARTS) is 1. The number of piperidine rings is 1. The topological polar surface area (TPSA) is 77.8 Å². The molecule has 0 saturated carbocycles. The highest BCUT2D eigenvalue weighted by atomic mass is 32.1. The van der Waals surface area contributed by atoms with Crippen molar-refractivity contribution in [2.75, 3.05) is 6.54 Å². The molecule has 2 atom stereocenters. The highest BCUT2D eigenvalue weighted by Crippen LogP contribution is 2.22. The number of aliphatic hydroxyl groups is 1. The molecule has 5 nitrogen and oxygen atoms in total. The molecule has 1 amide bonds. The number of rotatable bonds is 2. The van der Waals surface area contributed by atoms with Crippen molar-refractivity contribution < 1.29 is 19.8 Å². The molecule has 1 aromatic heterocycles. The number of amides is 1. The van der Waals surface area contributed by atoms with Gasteiger partial charge in [-0.1, -0.05) is 6.07 Å². The second kappa shape index (κ2) is 4.85. The van der Waals surface area contributed by atoms with Crippen LogP contribution in [-0.2, 0) is 4.79 Å².